The second kappa shape index (κ2) is 7.91. The first kappa shape index (κ1) is 19.1. The second-order valence-corrected chi connectivity index (χ2v) is 7.25. The van der Waals surface area contributed by atoms with Gasteiger partial charge in [-0.2, -0.15) is 0 Å². The summed E-state index contributed by atoms with van der Waals surface area (Å²) in [5, 5.41) is 10.2. The molecule has 0 saturated carbocycles. The van der Waals surface area contributed by atoms with Crippen LogP contribution in [-0.2, 0) is 4.79 Å². The predicted octanol–water partition coefficient (Wildman–Crippen LogP) is 5.16. The fourth-order valence-electron chi connectivity index (χ4n) is 3.45. The molecule has 138 valence electrons. The fraction of sp³-hybridized carbons (Fsp3) is 0.316. The average molecular weight is 400 g/mol. The molecule has 0 amide bonds. The zero-order valence-corrected chi connectivity index (χ0v) is 15.3. The zero-order chi connectivity index (χ0) is 18.8. The van der Waals surface area contributed by atoms with Crippen LogP contribution in [0.25, 0.3) is 0 Å². The molecular formula is C19H17Cl2F2NO2. The summed E-state index contributed by atoms with van der Waals surface area (Å²) in [6.45, 7) is 0.847. The number of hydrogen-bond acceptors (Lipinski definition) is 2. The molecule has 1 heterocycles. The van der Waals surface area contributed by atoms with Gasteiger partial charge in [0.25, 0.3) is 0 Å². The molecule has 1 aliphatic heterocycles. The number of rotatable bonds is 4. The average Bonchev–Trinajstić information content (AvgIpc) is 2.59. The minimum Gasteiger partial charge on any atom is -0.481 e. The van der Waals surface area contributed by atoms with Crippen LogP contribution >= 0.6 is 23.2 Å². The molecule has 0 bridgehead atoms. The van der Waals surface area contributed by atoms with Gasteiger partial charge < -0.3 is 5.11 Å². The number of carboxylic acids is 1. The van der Waals surface area contributed by atoms with E-state index in [0.29, 0.717) is 35.0 Å². The van der Waals surface area contributed by atoms with Crippen LogP contribution in [0.4, 0.5) is 8.78 Å². The van der Waals surface area contributed by atoms with Gasteiger partial charge in [0.05, 0.1) is 12.0 Å². The van der Waals surface area contributed by atoms with Crippen molar-refractivity contribution >= 4 is 29.2 Å². The smallest absolute Gasteiger partial charge is 0.307 e. The summed E-state index contributed by atoms with van der Waals surface area (Å²) in [5.41, 5.74) is 0.856. The molecule has 1 saturated heterocycles. The van der Waals surface area contributed by atoms with Crippen LogP contribution in [0.2, 0.25) is 10.0 Å². The summed E-state index contributed by atoms with van der Waals surface area (Å²) >= 11 is 12.3. The number of hydrogen-bond donors (Lipinski definition) is 1. The van der Waals surface area contributed by atoms with Crippen LogP contribution in [0.1, 0.15) is 30.0 Å². The van der Waals surface area contributed by atoms with Gasteiger partial charge in [-0.05, 0) is 43.1 Å². The lowest BCUT2D eigenvalue weighted by atomic mass is 9.91. The third-order valence-electron chi connectivity index (χ3n) is 4.68. The van der Waals surface area contributed by atoms with Crippen LogP contribution in [0.3, 0.4) is 0 Å². The van der Waals surface area contributed by atoms with Crippen molar-refractivity contribution in [2.24, 2.45) is 5.92 Å². The maximum Gasteiger partial charge on any atom is 0.307 e. The number of carboxylic acid groups (broad SMARTS) is 1. The van der Waals surface area contributed by atoms with E-state index in [0.717, 1.165) is 6.07 Å². The standard InChI is InChI=1S/C19H17Cl2F2NO2/c20-12-3-5-14(16(21)8-12)18(15-6-4-13(22)9-17(15)23)24-7-1-2-11(10-24)19(25)26/h3-6,8-9,11,18H,1-2,7,10H2,(H,25,26). The number of nitrogens with zero attached hydrogens (tertiary/aromatic N) is 1. The van der Waals surface area contributed by atoms with Crippen molar-refractivity contribution < 1.29 is 18.7 Å². The largest absolute Gasteiger partial charge is 0.481 e. The molecule has 2 aromatic carbocycles. The Morgan fingerprint density at radius 1 is 1.15 bits per heavy atom. The summed E-state index contributed by atoms with van der Waals surface area (Å²) < 4.78 is 27.9. The predicted molar refractivity (Wildman–Crippen MR) is 96.6 cm³/mol. The first-order valence-corrected chi connectivity index (χ1v) is 8.99. The van der Waals surface area contributed by atoms with Crippen LogP contribution < -0.4 is 0 Å². The molecular weight excluding hydrogens is 383 g/mol. The van der Waals surface area contributed by atoms with E-state index < -0.39 is 29.6 Å². The SMILES string of the molecule is O=C(O)C1CCCN(C(c2ccc(F)cc2F)c2ccc(Cl)cc2Cl)C1. The fourth-order valence-corrected chi connectivity index (χ4v) is 3.96. The number of likely N-dealkylation sites (tertiary alicyclic amines) is 1. The Morgan fingerprint density at radius 2 is 1.88 bits per heavy atom. The first-order valence-electron chi connectivity index (χ1n) is 8.23. The highest BCUT2D eigenvalue weighted by Gasteiger charge is 2.33. The molecule has 1 aliphatic rings. The first-order chi connectivity index (χ1) is 12.4. The lowest BCUT2D eigenvalue weighted by molar-refractivity contribution is -0.143. The Labute approximate surface area is 160 Å². The Hall–Kier alpha value is -1.69. The van der Waals surface area contributed by atoms with Crippen LogP contribution in [0, 0.1) is 17.6 Å². The molecule has 1 N–H and O–H groups in total. The maximum atomic E-state index is 14.6. The van der Waals surface area contributed by atoms with Gasteiger partial charge in [-0.25, -0.2) is 8.78 Å². The molecule has 0 aromatic heterocycles. The van der Waals surface area contributed by atoms with Crippen molar-refractivity contribution in [2.75, 3.05) is 13.1 Å². The maximum absolute atomic E-state index is 14.6. The summed E-state index contributed by atoms with van der Waals surface area (Å²) in [4.78, 5) is 13.3. The minimum atomic E-state index is -0.879. The van der Waals surface area contributed by atoms with Crippen LogP contribution in [0.5, 0.6) is 0 Å². The van der Waals surface area contributed by atoms with Crippen LogP contribution in [-0.4, -0.2) is 29.1 Å². The minimum absolute atomic E-state index is 0.252. The Kier molecular flexibility index (Phi) is 5.80. The third-order valence-corrected chi connectivity index (χ3v) is 5.24. The highest BCUT2D eigenvalue weighted by molar-refractivity contribution is 6.35. The molecule has 2 aromatic rings. The summed E-state index contributed by atoms with van der Waals surface area (Å²) in [7, 11) is 0. The van der Waals surface area contributed by atoms with Crippen molar-refractivity contribution in [3.63, 3.8) is 0 Å². The van der Waals surface area contributed by atoms with Gasteiger partial charge in [-0.15, -0.1) is 0 Å². The van der Waals surface area contributed by atoms with Gasteiger partial charge in [0.1, 0.15) is 11.6 Å². The summed E-state index contributed by atoms with van der Waals surface area (Å²) in [5.74, 6) is -2.79. The number of benzene rings is 2. The van der Waals surface area contributed by atoms with E-state index in [2.05, 4.69) is 0 Å². The van der Waals surface area contributed by atoms with Gasteiger partial charge >= 0.3 is 5.97 Å². The molecule has 26 heavy (non-hydrogen) atoms. The lowest BCUT2D eigenvalue weighted by Crippen LogP contribution is -2.41. The Morgan fingerprint density at radius 3 is 2.54 bits per heavy atom. The molecule has 3 rings (SSSR count). The Balaban J connectivity index is 2.08. The van der Waals surface area contributed by atoms with Crippen molar-refractivity contribution in [1.82, 2.24) is 4.90 Å². The number of piperidine rings is 1. The van der Waals surface area contributed by atoms with Gasteiger partial charge in [-0.3, -0.25) is 9.69 Å². The van der Waals surface area contributed by atoms with E-state index in [1.807, 2.05) is 4.90 Å². The molecule has 0 radical (unpaired) electrons. The molecule has 3 nitrogen and oxygen atoms in total. The molecule has 1 fully saturated rings. The topological polar surface area (TPSA) is 40.5 Å². The van der Waals surface area contributed by atoms with E-state index in [-0.39, 0.29) is 12.1 Å². The van der Waals surface area contributed by atoms with E-state index in [1.165, 1.54) is 12.1 Å². The van der Waals surface area contributed by atoms with E-state index >= 15 is 0 Å². The quantitative estimate of drug-likeness (QED) is 0.771. The Bertz CT molecular complexity index is 780. The van der Waals surface area contributed by atoms with Crippen molar-refractivity contribution in [2.45, 2.75) is 18.9 Å². The van der Waals surface area contributed by atoms with Gasteiger partial charge in [-0.1, -0.05) is 35.3 Å². The number of halogens is 4. The lowest BCUT2D eigenvalue weighted by Gasteiger charge is -2.38. The van der Waals surface area contributed by atoms with Crippen molar-refractivity contribution in [3.05, 3.63) is 69.2 Å². The van der Waals surface area contributed by atoms with Crippen molar-refractivity contribution in [3.8, 4) is 0 Å². The highest BCUT2D eigenvalue weighted by Crippen LogP contribution is 2.38. The molecule has 2 unspecified atom stereocenters. The van der Waals surface area contributed by atoms with Gasteiger partial charge in [0.15, 0.2) is 0 Å². The van der Waals surface area contributed by atoms with Gasteiger partial charge in [0, 0.05) is 28.2 Å². The van der Waals surface area contributed by atoms with E-state index in [1.54, 1.807) is 18.2 Å². The highest BCUT2D eigenvalue weighted by atomic mass is 35.5. The van der Waals surface area contributed by atoms with Crippen molar-refractivity contribution in [1.29, 1.82) is 0 Å². The molecule has 0 aliphatic carbocycles. The molecule has 2 atom stereocenters. The van der Waals surface area contributed by atoms with E-state index in [9.17, 15) is 18.7 Å². The molecule has 7 heteroatoms. The number of aliphatic carboxylic acids is 1. The van der Waals surface area contributed by atoms with Crippen LogP contribution in [0.15, 0.2) is 36.4 Å². The summed E-state index contributed by atoms with van der Waals surface area (Å²) in [6.07, 6.45) is 1.24. The number of carbonyl (C=O) groups is 1. The third kappa shape index (κ3) is 4.00. The second-order valence-electron chi connectivity index (χ2n) is 6.41. The zero-order valence-electron chi connectivity index (χ0n) is 13.8. The normalized spacial score (nSPS) is 19.3. The van der Waals surface area contributed by atoms with Gasteiger partial charge in [0.2, 0.25) is 0 Å². The summed E-state index contributed by atoms with van der Waals surface area (Å²) in [6, 6.07) is 7.68. The monoisotopic (exact) mass is 399 g/mol. The molecule has 0 spiro atoms. The van der Waals surface area contributed by atoms with E-state index in [4.69, 9.17) is 23.2 Å².